The molecule has 4 rings (SSSR count). The van der Waals surface area contributed by atoms with Crippen molar-refractivity contribution in [2.45, 2.75) is 18.8 Å². The van der Waals surface area contributed by atoms with Crippen LogP contribution in [0.4, 0.5) is 11.4 Å². The Balaban J connectivity index is 1.85. The number of fused-ring (bicyclic) bond motifs is 2. The highest BCUT2D eigenvalue weighted by Gasteiger charge is 2.41. The van der Waals surface area contributed by atoms with Gasteiger partial charge in [-0.1, -0.05) is 24.3 Å². The Kier molecular flexibility index (Phi) is 2.50. The van der Waals surface area contributed by atoms with Crippen molar-refractivity contribution in [2.75, 3.05) is 5.32 Å². The predicted molar refractivity (Wildman–Crippen MR) is 77.6 cm³/mol. The highest BCUT2D eigenvalue weighted by Crippen LogP contribution is 2.37. The quantitative estimate of drug-likeness (QED) is 0.780. The maximum Gasteiger partial charge on any atom is 0.155 e. The fraction of sp³-hybridized carbons (Fsp3) is 0.188. The molecule has 20 heavy (non-hydrogen) atoms. The molecule has 0 saturated carbocycles. The molecule has 0 aliphatic carbocycles. The topological polar surface area (TPSA) is 57.2 Å². The minimum absolute atomic E-state index is 0.0486. The van der Waals surface area contributed by atoms with Gasteiger partial charge < -0.3 is 15.2 Å². The average molecular weight is 266 g/mol. The molecule has 2 aromatic carbocycles. The summed E-state index contributed by atoms with van der Waals surface area (Å²) >= 11 is 0. The fourth-order valence-electron chi connectivity index (χ4n) is 2.54. The van der Waals surface area contributed by atoms with Gasteiger partial charge in [0.05, 0.1) is 17.1 Å². The number of benzene rings is 2. The van der Waals surface area contributed by atoms with E-state index in [9.17, 15) is 5.11 Å². The smallest absolute Gasteiger partial charge is 0.155 e. The summed E-state index contributed by atoms with van der Waals surface area (Å²) in [4.78, 5) is 4.72. The molecule has 0 bridgehead atoms. The van der Waals surface area contributed by atoms with E-state index in [-0.39, 0.29) is 18.1 Å². The summed E-state index contributed by atoms with van der Waals surface area (Å²) < 4.78 is 5.61. The standard InChI is InChI=1S/C16H14N2O2/c19-14-8-4-1-5-10(14)13-9-15-16(20-15)18-12-7-3-2-6-11(12)17-13/h1-8,15-16,18-19H,9H2. The fourth-order valence-corrected chi connectivity index (χ4v) is 2.54. The lowest BCUT2D eigenvalue weighted by Crippen LogP contribution is -2.14. The molecule has 0 aromatic heterocycles. The Morgan fingerprint density at radius 3 is 2.80 bits per heavy atom. The third-order valence-corrected chi connectivity index (χ3v) is 3.65. The maximum atomic E-state index is 10.0. The van der Waals surface area contributed by atoms with E-state index in [1.165, 1.54) is 0 Å². The Labute approximate surface area is 116 Å². The summed E-state index contributed by atoms with van der Waals surface area (Å²) in [6.45, 7) is 0. The molecular formula is C16H14N2O2. The van der Waals surface area contributed by atoms with Gasteiger partial charge in [0.15, 0.2) is 6.23 Å². The van der Waals surface area contributed by atoms with Gasteiger partial charge in [0.2, 0.25) is 0 Å². The molecule has 1 saturated heterocycles. The van der Waals surface area contributed by atoms with Crippen LogP contribution in [0.3, 0.4) is 0 Å². The van der Waals surface area contributed by atoms with E-state index in [1.807, 2.05) is 42.5 Å². The third kappa shape index (κ3) is 1.94. The predicted octanol–water partition coefficient (Wildman–Crippen LogP) is 3.05. The molecule has 2 heterocycles. The van der Waals surface area contributed by atoms with Crippen molar-refractivity contribution in [3.63, 3.8) is 0 Å². The lowest BCUT2D eigenvalue weighted by molar-refractivity contribution is 0.386. The summed E-state index contributed by atoms with van der Waals surface area (Å²) in [6, 6.07) is 15.2. The average Bonchev–Trinajstić information content (AvgIpc) is 3.16. The number of anilines is 1. The normalized spacial score (nSPS) is 23.5. The van der Waals surface area contributed by atoms with Crippen molar-refractivity contribution < 1.29 is 9.84 Å². The number of epoxide rings is 1. The molecule has 4 heteroatoms. The zero-order valence-corrected chi connectivity index (χ0v) is 10.8. The highest BCUT2D eigenvalue weighted by atomic mass is 16.6. The van der Waals surface area contributed by atoms with Crippen LogP contribution in [0.15, 0.2) is 53.5 Å². The van der Waals surface area contributed by atoms with Gasteiger partial charge in [-0.3, -0.25) is 4.99 Å². The van der Waals surface area contributed by atoms with E-state index >= 15 is 0 Å². The Hall–Kier alpha value is -2.33. The van der Waals surface area contributed by atoms with Crippen molar-refractivity contribution in [1.29, 1.82) is 0 Å². The van der Waals surface area contributed by atoms with Crippen LogP contribution in [0.1, 0.15) is 12.0 Å². The Bertz CT molecular complexity index is 696. The van der Waals surface area contributed by atoms with Crippen molar-refractivity contribution in [1.82, 2.24) is 0 Å². The SMILES string of the molecule is Oc1ccccc1C1=Nc2ccccc2NC2OC2C1. The van der Waals surface area contributed by atoms with Crippen molar-refractivity contribution in [2.24, 2.45) is 4.99 Å². The molecule has 1 fully saturated rings. The second kappa shape index (κ2) is 4.35. The van der Waals surface area contributed by atoms with Gasteiger partial charge in [0.25, 0.3) is 0 Å². The van der Waals surface area contributed by atoms with Crippen LogP contribution < -0.4 is 5.32 Å². The third-order valence-electron chi connectivity index (χ3n) is 3.65. The van der Waals surface area contributed by atoms with Crippen molar-refractivity contribution in [3.05, 3.63) is 54.1 Å². The number of rotatable bonds is 1. The van der Waals surface area contributed by atoms with Gasteiger partial charge in [0, 0.05) is 12.0 Å². The minimum atomic E-state index is 0.0486. The summed E-state index contributed by atoms with van der Waals surface area (Å²) in [7, 11) is 0. The van der Waals surface area contributed by atoms with Crippen LogP contribution in [-0.4, -0.2) is 23.2 Å². The Morgan fingerprint density at radius 2 is 1.90 bits per heavy atom. The van der Waals surface area contributed by atoms with Gasteiger partial charge in [0.1, 0.15) is 11.9 Å². The van der Waals surface area contributed by atoms with Gasteiger partial charge in [-0.15, -0.1) is 0 Å². The minimum Gasteiger partial charge on any atom is -0.507 e. The molecule has 0 radical (unpaired) electrons. The van der Waals surface area contributed by atoms with Crippen LogP contribution in [0, 0.1) is 0 Å². The van der Waals surface area contributed by atoms with Crippen LogP contribution in [0.2, 0.25) is 0 Å². The first-order chi connectivity index (χ1) is 9.81. The maximum absolute atomic E-state index is 10.0. The van der Waals surface area contributed by atoms with E-state index in [4.69, 9.17) is 9.73 Å². The molecule has 2 unspecified atom stereocenters. The largest absolute Gasteiger partial charge is 0.507 e. The molecule has 2 aromatic rings. The van der Waals surface area contributed by atoms with Gasteiger partial charge >= 0.3 is 0 Å². The Morgan fingerprint density at radius 1 is 1.10 bits per heavy atom. The second-order valence-electron chi connectivity index (χ2n) is 5.04. The number of nitrogens with one attached hydrogen (secondary N) is 1. The molecule has 100 valence electrons. The van der Waals surface area contributed by atoms with E-state index in [1.54, 1.807) is 6.07 Å². The second-order valence-corrected chi connectivity index (χ2v) is 5.04. The number of hydrogen-bond acceptors (Lipinski definition) is 4. The monoisotopic (exact) mass is 266 g/mol. The summed E-state index contributed by atoms with van der Waals surface area (Å²) in [5, 5.41) is 13.4. The van der Waals surface area contributed by atoms with E-state index in [0.717, 1.165) is 22.6 Å². The van der Waals surface area contributed by atoms with Crippen LogP contribution in [0.25, 0.3) is 0 Å². The number of aliphatic imine (C=N–C) groups is 1. The van der Waals surface area contributed by atoms with Crippen molar-refractivity contribution >= 4 is 17.1 Å². The highest BCUT2D eigenvalue weighted by molar-refractivity contribution is 6.05. The molecule has 2 N–H and O–H groups in total. The lowest BCUT2D eigenvalue weighted by Gasteiger charge is -2.13. The van der Waals surface area contributed by atoms with Crippen LogP contribution >= 0.6 is 0 Å². The number of phenols is 1. The van der Waals surface area contributed by atoms with E-state index in [0.29, 0.717) is 6.42 Å². The number of hydrogen-bond donors (Lipinski definition) is 2. The number of para-hydroxylation sites is 3. The summed E-state index contributed by atoms with van der Waals surface area (Å²) in [5.41, 5.74) is 3.48. The van der Waals surface area contributed by atoms with E-state index < -0.39 is 0 Å². The number of phenolic OH excluding ortho intramolecular Hbond substituents is 1. The van der Waals surface area contributed by atoms with Gasteiger partial charge in [-0.25, -0.2) is 0 Å². The lowest BCUT2D eigenvalue weighted by atomic mass is 10.0. The zero-order chi connectivity index (χ0) is 13.5. The molecule has 0 amide bonds. The molecule has 2 aliphatic heterocycles. The molecule has 4 nitrogen and oxygen atoms in total. The number of ether oxygens (including phenoxy) is 1. The zero-order valence-electron chi connectivity index (χ0n) is 10.8. The first-order valence-electron chi connectivity index (χ1n) is 6.68. The number of aromatic hydroxyl groups is 1. The van der Waals surface area contributed by atoms with Crippen molar-refractivity contribution in [3.8, 4) is 5.75 Å². The molecule has 2 atom stereocenters. The van der Waals surface area contributed by atoms with Crippen LogP contribution in [0.5, 0.6) is 5.75 Å². The summed E-state index contributed by atoms with van der Waals surface area (Å²) in [6.07, 6.45) is 0.873. The molecular weight excluding hydrogens is 252 g/mol. The van der Waals surface area contributed by atoms with Crippen LogP contribution in [-0.2, 0) is 4.74 Å². The first-order valence-corrected chi connectivity index (χ1v) is 6.68. The van der Waals surface area contributed by atoms with E-state index in [2.05, 4.69) is 5.32 Å². The van der Waals surface area contributed by atoms with Gasteiger partial charge in [-0.05, 0) is 24.3 Å². The summed E-state index contributed by atoms with van der Waals surface area (Å²) in [5.74, 6) is 0.259. The number of nitrogens with zero attached hydrogens (tertiary/aromatic N) is 1. The molecule has 2 aliphatic rings. The van der Waals surface area contributed by atoms with Gasteiger partial charge in [-0.2, -0.15) is 0 Å². The first kappa shape index (κ1) is 11.5. The molecule has 0 spiro atoms.